The summed E-state index contributed by atoms with van der Waals surface area (Å²) in [6.07, 6.45) is 1.86. The molecule has 0 aliphatic rings. The smallest absolute Gasteiger partial charge is 0.374 e. The van der Waals surface area contributed by atoms with Gasteiger partial charge in [0.1, 0.15) is 0 Å². The lowest BCUT2D eigenvalue weighted by Gasteiger charge is -2.29. The molecule has 0 aromatic carbocycles. The molecule has 0 saturated heterocycles. The molecule has 0 aliphatic heterocycles. The summed E-state index contributed by atoms with van der Waals surface area (Å²) in [5.74, 6) is 0. The van der Waals surface area contributed by atoms with Crippen molar-refractivity contribution in [3.8, 4) is 0 Å². The summed E-state index contributed by atoms with van der Waals surface area (Å²) in [4.78, 5) is 3.25. The number of hydrogen-bond donors (Lipinski definition) is 0. The maximum absolute atomic E-state index is 5.84. The van der Waals surface area contributed by atoms with Gasteiger partial charge in [-0.2, -0.15) is 0 Å². The van der Waals surface area contributed by atoms with Gasteiger partial charge in [0, 0.05) is 39.0 Å². The number of hydrogen-bond acceptors (Lipinski definition) is 4. The van der Waals surface area contributed by atoms with E-state index in [1.807, 2.05) is 20.8 Å². The molecule has 0 spiro atoms. The summed E-state index contributed by atoms with van der Waals surface area (Å²) in [5.41, 5.74) is 0. The quantitative estimate of drug-likeness (QED) is 0.406. The van der Waals surface area contributed by atoms with Crippen molar-refractivity contribution >= 4 is 26.0 Å². The van der Waals surface area contributed by atoms with Crippen molar-refractivity contribution < 1.29 is 13.3 Å². The topological polar surface area (TPSA) is 30.9 Å². The highest BCUT2D eigenvalue weighted by atomic mass is 32.1. The fourth-order valence-corrected chi connectivity index (χ4v) is 5.21. The molecule has 0 N–H and O–H groups in total. The van der Waals surface area contributed by atoms with Gasteiger partial charge in [-0.15, -0.1) is 0 Å². The molecule has 0 heterocycles. The van der Waals surface area contributed by atoms with Gasteiger partial charge in [0.15, 0.2) is 0 Å². The molecular formula is C14H31NO3SSi. The summed E-state index contributed by atoms with van der Waals surface area (Å²) in [6.45, 7) is 14.1. The molecule has 0 aromatic heterocycles. The lowest BCUT2D eigenvalue weighted by atomic mass is 10.3. The Balaban J connectivity index is 4.41. The molecule has 0 amide bonds. The van der Waals surface area contributed by atoms with Gasteiger partial charge >= 0.3 is 8.80 Å². The zero-order chi connectivity index (χ0) is 15.4. The molecule has 20 heavy (non-hydrogen) atoms. The van der Waals surface area contributed by atoms with Gasteiger partial charge in [-0.3, -0.25) is 0 Å². The van der Waals surface area contributed by atoms with Gasteiger partial charge < -0.3 is 18.2 Å². The average Bonchev–Trinajstić information content (AvgIpc) is 2.41. The summed E-state index contributed by atoms with van der Waals surface area (Å²) >= 11 is 5.47. The van der Waals surface area contributed by atoms with Crippen molar-refractivity contribution in [3.05, 3.63) is 0 Å². The van der Waals surface area contributed by atoms with Crippen LogP contribution in [0.4, 0.5) is 0 Å². The summed E-state index contributed by atoms with van der Waals surface area (Å²) < 4.78 is 17.5. The summed E-state index contributed by atoms with van der Waals surface area (Å²) in [5, 5.41) is 0. The third-order valence-electron chi connectivity index (χ3n) is 3.08. The fraction of sp³-hybridized carbons (Fsp3) is 0.929. The van der Waals surface area contributed by atoms with E-state index in [1.165, 1.54) is 0 Å². The molecule has 0 fully saturated rings. The van der Waals surface area contributed by atoms with Crippen molar-refractivity contribution in [2.75, 3.05) is 32.9 Å². The van der Waals surface area contributed by atoms with E-state index in [2.05, 4.69) is 18.7 Å². The number of rotatable bonds is 12. The van der Waals surface area contributed by atoms with E-state index >= 15 is 0 Å². The summed E-state index contributed by atoms with van der Waals surface area (Å²) in [6, 6.07) is 0.837. The van der Waals surface area contributed by atoms with Crippen LogP contribution in [0.15, 0.2) is 0 Å². The van der Waals surface area contributed by atoms with Crippen LogP contribution in [0.25, 0.3) is 0 Å². The second-order valence-electron chi connectivity index (χ2n) is 4.40. The van der Waals surface area contributed by atoms with Gasteiger partial charge in [0.05, 0.1) is 4.99 Å². The van der Waals surface area contributed by atoms with Gasteiger partial charge in [-0.25, -0.2) is 0 Å². The Morgan fingerprint density at radius 1 is 0.900 bits per heavy atom. The zero-order valence-corrected chi connectivity index (χ0v) is 15.6. The van der Waals surface area contributed by atoms with Crippen molar-refractivity contribution in [2.24, 2.45) is 0 Å². The molecule has 0 atom stereocenters. The maximum Gasteiger partial charge on any atom is 0.500 e. The lowest BCUT2D eigenvalue weighted by Crippen LogP contribution is -2.46. The second-order valence-corrected chi connectivity index (χ2v) is 7.60. The Hall–Kier alpha value is -0.0131. The first kappa shape index (κ1) is 20.0. The molecule has 0 unspecified atom stereocenters. The Labute approximate surface area is 131 Å². The highest BCUT2D eigenvalue weighted by Crippen LogP contribution is 2.20. The molecule has 0 rings (SSSR count). The third kappa shape index (κ3) is 7.13. The molecule has 6 heteroatoms. The molecular weight excluding hydrogens is 290 g/mol. The monoisotopic (exact) mass is 321 g/mol. The largest absolute Gasteiger partial charge is 0.500 e. The van der Waals surface area contributed by atoms with Crippen LogP contribution in [0, 0.1) is 0 Å². The summed E-state index contributed by atoms with van der Waals surface area (Å²) in [7, 11) is -2.50. The first-order valence-corrected chi connectivity index (χ1v) is 10.1. The van der Waals surface area contributed by atoms with Crippen LogP contribution >= 0.6 is 12.2 Å². The first-order chi connectivity index (χ1) is 9.59. The van der Waals surface area contributed by atoms with Crippen molar-refractivity contribution in [2.45, 2.75) is 53.5 Å². The Morgan fingerprint density at radius 2 is 1.35 bits per heavy atom. The van der Waals surface area contributed by atoms with Gasteiger partial charge in [-0.1, -0.05) is 12.2 Å². The van der Waals surface area contributed by atoms with E-state index < -0.39 is 8.80 Å². The third-order valence-corrected chi connectivity index (χ3v) is 6.70. The van der Waals surface area contributed by atoms with E-state index in [0.717, 1.165) is 37.0 Å². The van der Waals surface area contributed by atoms with Crippen molar-refractivity contribution in [3.63, 3.8) is 0 Å². The number of thiocarbonyl (C=S) groups is 1. The van der Waals surface area contributed by atoms with Gasteiger partial charge in [-0.05, 0) is 47.5 Å². The van der Waals surface area contributed by atoms with Crippen LogP contribution in [-0.2, 0) is 13.3 Å². The van der Waals surface area contributed by atoms with Gasteiger partial charge in [0.2, 0.25) is 0 Å². The highest BCUT2D eigenvalue weighted by molar-refractivity contribution is 7.80. The fourth-order valence-electron chi connectivity index (χ4n) is 2.19. The van der Waals surface area contributed by atoms with Crippen LogP contribution in [0.2, 0.25) is 6.04 Å². The van der Waals surface area contributed by atoms with E-state index in [4.69, 9.17) is 25.5 Å². The van der Waals surface area contributed by atoms with Crippen LogP contribution in [0.5, 0.6) is 0 Å². The molecule has 0 bridgehead atoms. The minimum absolute atomic E-state index is 0.632. The van der Waals surface area contributed by atoms with Crippen LogP contribution in [0.1, 0.15) is 47.5 Å². The average molecular weight is 322 g/mol. The minimum Gasteiger partial charge on any atom is -0.374 e. The Bertz CT molecular complexity index is 246. The SMILES string of the molecule is CCO[Si](CCCC(=S)N(CC)CC)(OCC)OCC. The lowest BCUT2D eigenvalue weighted by molar-refractivity contribution is 0.0709. The molecule has 0 radical (unpaired) electrons. The molecule has 0 aromatic rings. The Kier molecular flexibility index (Phi) is 11.6. The normalized spacial score (nSPS) is 11.7. The predicted molar refractivity (Wildman–Crippen MR) is 90.2 cm³/mol. The maximum atomic E-state index is 5.84. The molecule has 120 valence electrons. The number of nitrogens with zero attached hydrogens (tertiary/aromatic N) is 1. The molecule has 0 saturated carbocycles. The van der Waals surface area contributed by atoms with Gasteiger partial charge in [0.25, 0.3) is 0 Å². The standard InChI is InChI=1S/C14H31NO3SSi/c1-6-15(7-2)14(19)12-11-13-20(16-8-3,17-9-4)18-10-5/h6-13H2,1-5H3. The van der Waals surface area contributed by atoms with Crippen LogP contribution in [0.3, 0.4) is 0 Å². The highest BCUT2D eigenvalue weighted by Gasteiger charge is 2.39. The zero-order valence-electron chi connectivity index (χ0n) is 13.7. The Morgan fingerprint density at radius 3 is 1.70 bits per heavy atom. The van der Waals surface area contributed by atoms with E-state index in [9.17, 15) is 0 Å². The van der Waals surface area contributed by atoms with Crippen molar-refractivity contribution in [1.82, 2.24) is 4.90 Å². The minimum atomic E-state index is -2.50. The molecule has 4 nitrogen and oxygen atoms in total. The predicted octanol–water partition coefficient (Wildman–Crippen LogP) is 3.48. The van der Waals surface area contributed by atoms with Crippen LogP contribution in [-0.4, -0.2) is 51.6 Å². The van der Waals surface area contributed by atoms with E-state index in [0.29, 0.717) is 19.8 Å². The molecule has 0 aliphatic carbocycles. The van der Waals surface area contributed by atoms with E-state index in [1.54, 1.807) is 0 Å². The van der Waals surface area contributed by atoms with Crippen LogP contribution < -0.4 is 0 Å². The van der Waals surface area contributed by atoms with E-state index in [-0.39, 0.29) is 0 Å². The second kappa shape index (κ2) is 11.6. The first-order valence-electron chi connectivity index (χ1n) is 7.78. The van der Waals surface area contributed by atoms with Crippen molar-refractivity contribution in [1.29, 1.82) is 0 Å².